The third kappa shape index (κ3) is 11.2. The van der Waals surface area contributed by atoms with Crippen LogP contribution in [0.2, 0.25) is 0 Å². The van der Waals surface area contributed by atoms with Crippen LogP contribution in [0.15, 0.2) is 35.3 Å². The molecule has 6 nitrogen and oxygen atoms in total. The van der Waals surface area contributed by atoms with Gasteiger partial charge in [0.05, 0.1) is 6.61 Å². The predicted octanol–water partition coefficient (Wildman–Crippen LogP) is 1.92. The Bertz CT molecular complexity index is 503. The Morgan fingerprint density at radius 3 is 2.48 bits per heavy atom. The minimum absolute atomic E-state index is 0.0174. The Kier molecular flexibility index (Phi) is 11.1. The van der Waals surface area contributed by atoms with Crippen molar-refractivity contribution < 1.29 is 9.53 Å². The van der Waals surface area contributed by atoms with E-state index in [-0.39, 0.29) is 5.91 Å². The van der Waals surface area contributed by atoms with Crippen LogP contribution in [0.25, 0.3) is 0 Å². The number of carbonyl (C=O) groups is 1. The topological polar surface area (TPSA) is 74.8 Å². The highest BCUT2D eigenvalue weighted by Gasteiger charge is 2.03. The number of hydrogen-bond acceptors (Lipinski definition) is 3. The molecule has 0 aliphatic heterocycles. The van der Waals surface area contributed by atoms with Crippen molar-refractivity contribution in [3.8, 4) is 0 Å². The van der Waals surface area contributed by atoms with Gasteiger partial charge in [-0.1, -0.05) is 44.2 Å². The molecule has 0 saturated heterocycles. The summed E-state index contributed by atoms with van der Waals surface area (Å²) in [6, 6.07) is 9.88. The smallest absolute Gasteiger partial charge is 0.222 e. The molecule has 0 aliphatic carbocycles. The van der Waals surface area contributed by atoms with Gasteiger partial charge in [-0.3, -0.25) is 9.79 Å². The highest BCUT2D eigenvalue weighted by atomic mass is 16.5. The van der Waals surface area contributed by atoms with E-state index in [0.29, 0.717) is 44.5 Å². The summed E-state index contributed by atoms with van der Waals surface area (Å²) < 4.78 is 5.55. The summed E-state index contributed by atoms with van der Waals surface area (Å²) in [5.41, 5.74) is 1.10. The number of benzene rings is 1. The highest BCUT2D eigenvalue weighted by molar-refractivity contribution is 5.81. The van der Waals surface area contributed by atoms with E-state index in [1.807, 2.05) is 30.3 Å². The fraction of sp³-hybridized carbons (Fsp3) is 0.579. The Labute approximate surface area is 151 Å². The van der Waals surface area contributed by atoms with E-state index >= 15 is 0 Å². The second kappa shape index (κ2) is 13.2. The van der Waals surface area contributed by atoms with Gasteiger partial charge in [-0.25, -0.2) is 0 Å². The molecule has 0 bridgehead atoms. The van der Waals surface area contributed by atoms with Gasteiger partial charge < -0.3 is 20.7 Å². The van der Waals surface area contributed by atoms with Gasteiger partial charge in [-0.15, -0.1) is 0 Å². The zero-order valence-electron chi connectivity index (χ0n) is 15.7. The largest absolute Gasteiger partial charge is 0.380 e. The summed E-state index contributed by atoms with van der Waals surface area (Å²) in [7, 11) is 1.71. The van der Waals surface area contributed by atoms with Crippen molar-refractivity contribution in [3.63, 3.8) is 0 Å². The second-order valence-corrected chi connectivity index (χ2v) is 6.23. The van der Waals surface area contributed by atoms with Crippen molar-refractivity contribution in [1.82, 2.24) is 16.0 Å². The molecule has 1 aromatic rings. The summed E-state index contributed by atoms with van der Waals surface area (Å²) in [5, 5.41) is 9.21. The third-order valence-electron chi connectivity index (χ3n) is 3.58. The lowest BCUT2D eigenvalue weighted by Crippen LogP contribution is -2.40. The van der Waals surface area contributed by atoms with Gasteiger partial charge in [-0.05, 0) is 17.9 Å². The average Bonchev–Trinajstić information content (AvgIpc) is 2.62. The monoisotopic (exact) mass is 348 g/mol. The first-order valence-corrected chi connectivity index (χ1v) is 8.94. The Morgan fingerprint density at radius 2 is 1.80 bits per heavy atom. The average molecular weight is 348 g/mol. The molecule has 0 fully saturated rings. The number of rotatable bonds is 11. The molecule has 1 amide bonds. The first kappa shape index (κ1) is 21.0. The molecule has 0 spiro atoms. The van der Waals surface area contributed by atoms with Crippen molar-refractivity contribution in [2.24, 2.45) is 10.9 Å². The van der Waals surface area contributed by atoms with Gasteiger partial charge in [0.1, 0.15) is 0 Å². The van der Waals surface area contributed by atoms with Crippen LogP contribution in [0.3, 0.4) is 0 Å². The Hall–Kier alpha value is -2.08. The predicted molar refractivity (Wildman–Crippen MR) is 103 cm³/mol. The van der Waals surface area contributed by atoms with Gasteiger partial charge >= 0.3 is 0 Å². The van der Waals surface area contributed by atoms with Gasteiger partial charge in [0, 0.05) is 39.7 Å². The van der Waals surface area contributed by atoms with E-state index in [4.69, 9.17) is 4.74 Å². The maximum absolute atomic E-state index is 11.8. The fourth-order valence-corrected chi connectivity index (χ4v) is 2.06. The minimum Gasteiger partial charge on any atom is -0.380 e. The quantitative estimate of drug-likeness (QED) is 0.324. The molecule has 0 heterocycles. The van der Waals surface area contributed by atoms with Gasteiger partial charge in [0.2, 0.25) is 5.91 Å². The van der Waals surface area contributed by atoms with Crippen LogP contribution < -0.4 is 16.0 Å². The third-order valence-corrected chi connectivity index (χ3v) is 3.58. The lowest BCUT2D eigenvalue weighted by Gasteiger charge is -2.12. The maximum atomic E-state index is 11.8. The molecule has 3 N–H and O–H groups in total. The van der Waals surface area contributed by atoms with Crippen LogP contribution >= 0.6 is 0 Å². The molecule has 0 unspecified atom stereocenters. The molecule has 1 rings (SSSR count). The lowest BCUT2D eigenvalue weighted by molar-refractivity contribution is -0.121. The van der Waals surface area contributed by atoms with Crippen LogP contribution in [0, 0.1) is 5.92 Å². The lowest BCUT2D eigenvalue weighted by atomic mass is 10.1. The van der Waals surface area contributed by atoms with Crippen molar-refractivity contribution >= 4 is 11.9 Å². The highest BCUT2D eigenvalue weighted by Crippen LogP contribution is 1.98. The number of nitrogens with one attached hydrogen (secondary N) is 3. The Balaban J connectivity index is 2.07. The number of nitrogens with zero attached hydrogens (tertiary/aromatic N) is 1. The van der Waals surface area contributed by atoms with Gasteiger partial charge in [0.15, 0.2) is 5.96 Å². The Morgan fingerprint density at radius 1 is 1.08 bits per heavy atom. The first-order valence-electron chi connectivity index (χ1n) is 8.94. The molecule has 140 valence electrons. The molecule has 25 heavy (non-hydrogen) atoms. The number of aliphatic imine (C=N–C) groups is 1. The van der Waals surface area contributed by atoms with Crippen molar-refractivity contribution in [1.29, 1.82) is 0 Å². The minimum atomic E-state index is 0.0174. The second-order valence-electron chi connectivity index (χ2n) is 6.23. The normalized spacial score (nSPS) is 11.4. The van der Waals surface area contributed by atoms with Crippen molar-refractivity contribution in [2.45, 2.75) is 33.2 Å². The SMILES string of the molecule is CN=C(NCCOCCC(C)C)NCCC(=O)NCc1ccccc1. The summed E-state index contributed by atoms with van der Waals surface area (Å²) in [6.07, 6.45) is 1.48. The van der Waals surface area contributed by atoms with Crippen LogP contribution in [0.4, 0.5) is 0 Å². The van der Waals surface area contributed by atoms with E-state index in [2.05, 4.69) is 34.8 Å². The molecule has 0 radical (unpaired) electrons. The molecule has 0 atom stereocenters. The van der Waals surface area contributed by atoms with E-state index < -0.39 is 0 Å². The van der Waals surface area contributed by atoms with Gasteiger partial charge in [-0.2, -0.15) is 0 Å². The van der Waals surface area contributed by atoms with Crippen LogP contribution in [0.1, 0.15) is 32.3 Å². The fourth-order valence-electron chi connectivity index (χ4n) is 2.06. The van der Waals surface area contributed by atoms with E-state index in [9.17, 15) is 4.79 Å². The number of ether oxygens (including phenoxy) is 1. The zero-order chi connectivity index (χ0) is 18.3. The summed E-state index contributed by atoms with van der Waals surface area (Å²) >= 11 is 0. The molecule has 0 aromatic heterocycles. The number of guanidine groups is 1. The molecule has 0 saturated carbocycles. The standard InChI is InChI=1S/C19H32N4O2/c1-16(2)10-13-25-14-12-22-19(20-3)21-11-9-18(24)23-15-17-7-5-4-6-8-17/h4-8,16H,9-15H2,1-3H3,(H,23,24)(H2,20,21,22). The maximum Gasteiger partial charge on any atom is 0.222 e. The molecular weight excluding hydrogens is 316 g/mol. The summed E-state index contributed by atoms with van der Waals surface area (Å²) in [5.74, 6) is 1.36. The van der Waals surface area contributed by atoms with E-state index in [0.717, 1.165) is 18.6 Å². The first-order chi connectivity index (χ1) is 12.1. The van der Waals surface area contributed by atoms with Crippen LogP contribution in [0.5, 0.6) is 0 Å². The van der Waals surface area contributed by atoms with Gasteiger partial charge in [0.25, 0.3) is 0 Å². The molecule has 1 aromatic carbocycles. The van der Waals surface area contributed by atoms with Crippen molar-refractivity contribution in [3.05, 3.63) is 35.9 Å². The molecule has 0 aliphatic rings. The van der Waals surface area contributed by atoms with E-state index in [1.165, 1.54) is 0 Å². The van der Waals surface area contributed by atoms with Crippen LogP contribution in [-0.4, -0.2) is 45.2 Å². The zero-order valence-corrected chi connectivity index (χ0v) is 15.7. The summed E-state index contributed by atoms with van der Waals surface area (Å²) in [4.78, 5) is 16.0. The molecule has 6 heteroatoms. The van der Waals surface area contributed by atoms with Crippen LogP contribution in [-0.2, 0) is 16.1 Å². The summed E-state index contributed by atoms with van der Waals surface area (Å²) in [6.45, 7) is 7.58. The molecular formula is C19H32N4O2. The van der Waals surface area contributed by atoms with Crippen molar-refractivity contribution in [2.75, 3.05) is 33.4 Å². The number of amides is 1. The van der Waals surface area contributed by atoms with E-state index in [1.54, 1.807) is 7.05 Å². The number of hydrogen-bond donors (Lipinski definition) is 3. The number of carbonyl (C=O) groups excluding carboxylic acids is 1.